The Hall–Kier alpha value is -0.659. The molecule has 8 heteroatoms. The van der Waals surface area contributed by atoms with Crippen molar-refractivity contribution < 1.29 is 9.47 Å². The van der Waals surface area contributed by atoms with Crippen molar-refractivity contribution in [1.82, 2.24) is 0 Å². The summed E-state index contributed by atoms with van der Waals surface area (Å²) in [7, 11) is -3.16. The zero-order chi connectivity index (χ0) is 31.1. The second-order valence-corrected chi connectivity index (χ2v) is 29.7. The van der Waals surface area contributed by atoms with Crippen molar-refractivity contribution in [1.29, 1.82) is 0 Å². The van der Waals surface area contributed by atoms with Gasteiger partial charge in [-0.05, 0) is 44.7 Å². The van der Waals surface area contributed by atoms with Crippen LogP contribution in [0.25, 0.3) is 0 Å². The summed E-state index contributed by atoms with van der Waals surface area (Å²) in [6.45, 7) is 35.7. The van der Waals surface area contributed by atoms with Gasteiger partial charge in [-0.15, -0.1) is 0 Å². The van der Waals surface area contributed by atoms with Crippen LogP contribution in [0.4, 0.5) is 0 Å². The molecule has 6 radical (unpaired) electrons. The fraction of sp³-hybridized carbons (Fsp3) is 0.636. The Morgan fingerprint density at radius 1 is 0.488 bits per heavy atom. The standard InChI is InChI=1S/C33H58O2Si6/c1-33(2,25-21-27(38(7)8)31(28(22-25)39(9)10)34-17-15-19-36(3)4)26-23-29(40(11)12)32(30(24-26)41(13)14)35-18-16-20-37(5)6/h21-24H,15-20H2,1-14H3. The lowest BCUT2D eigenvalue weighted by atomic mass is 9.78. The molecule has 0 aromatic heterocycles. The van der Waals surface area contributed by atoms with Gasteiger partial charge in [-0.3, -0.25) is 0 Å². The smallest absolute Gasteiger partial charge is 0.117 e. The molecule has 0 N–H and O–H groups in total. The Morgan fingerprint density at radius 3 is 0.976 bits per heavy atom. The molecule has 0 heterocycles. The molecule has 0 aliphatic rings. The lowest BCUT2D eigenvalue weighted by molar-refractivity contribution is 0.321. The molecule has 0 unspecified atom stereocenters. The summed E-state index contributed by atoms with van der Waals surface area (Å²) in [5.41, 5.74) is 2.82. The van der Waals surface area contributed by atoms with Gasteiger partial charge in [0, 0.05) is 23.0 Å². The summed E-state index contributed by atoms with van der Waals surface area (Å²) < 4.78 is 13.3. The van der Waals surface area contributed by atoms with E-state index >= 15 is 0 Å². The number of hydrogen-bond acceptors (Lipinski definition) is 2. The predicted octanol–water partition coefficient (Wildman–Crippen LogP) is 6.90. The molecule has 0 bridgehead atoms. The molecular weight excluding hydrogens is 597 g/mol. The molecule has 2 nitrogen and oxygen atoms in total. The van der Waals surface area contributed by atoms with Crippen LogP contribution >= 0.6 is 0 Å². The Balaban J connectivity index is 2.63. The number of ether oxygens (including phenoxy) is 2. The SMILES string of the molecule is C[Si](C)CCCOc1c([Si](C)C)cc(C(C)(C)c2cc([Si](C)C)c(OCCC[Si](C)C)c([Si](C)C)c2)cc1[Si](C)C. The lowest BCUT2D eigenvalue weighted by Gasteiger charge is -2.32. The molecule has 0 atom stereocenters. The second kappa shape index (κ2) is 16.4. The Bertz CT molecular complexity index is 965. The molecule has 0 amide bonds. The van der Waals surface area contributed by atoms with E-state index in [4.69, 9.17) is 9.47 Å². The number of hydrogen-bond donors (Lipinski definition) is 0. The highest BCUT2D eigenvalue weighted by molar-refractivity contribution is 6.76. The van der Waals surface area contributed by atoms with E-state index in [0.717, 1.165) is 13.2 Å². The largest absolute Gasteiger partial charge is 0.494 e. The minimum atomic E-state index is -0.691. The van der Waals surface area contributed by atoms with E-state index in [1.165, 1.54) is 68.3 Å². The maximum atomic E-state index is 6.65. The van der Waals surface area contributed by atoms with E-state index in [1.807, 2.05) is 0 Å². The Morgan fingerprint density at radius 2 is 0.756 bits per heavy atom. The molecular formula is C33H58O2Si6. The van der Waals surface area contributed by atoms with Gasteiger partial charge in [-0.25, -0.2) is 0 Å². The van der Waals surface area contributed by atoms with E-state index in [2.05, 4.69) is 117 Å². The summed E-state index contributed by atoms with van der Waals surface area (Å²) in [6.07, 6.45) is 2.35. The zero-order valence-electron chi connectivity index (χ0n) is 28.9. The molecule has 0 fully saturated rings. The summed E-state index contributed by atoms with van der Waals surface area (Å²) in [6, 6.07) is 12.8. The van der Waals surface area contributed by atoms with Gasteiger partial charge in [0.15, 0.2) is 0 Å². The topological polar surface area (TPSA) is 18.5 Å². The molecule has 226 valence electrons. The molecule has 0 saturated carbocycles. The molecule has 41 heavy (non-hydrogen) atoms. The monoisotopic (exact) mass is 654 g/mol. The van der Waals surface area contributed by atoms with E-state index in [1.54, 1.807) is 0 Å². The van der Waals surface area contributed by atoms with Crippen molar-refractivity contribution in [2.45, 2.75) is 123 Å². The molecule has 0 aliphatic carbocycles. The highest BCUT2D eigenvalue weighted by Gasteiger charge is 2.30. The fourth-order valence-electron chi connectivity index (χ4n) is 5.14. The van der Waals surface area contributed by atoms with Crippen LogP contribution < -0.4 is 30.2 Å². The first-order chi connectivity index (χ1) is 19.1. The first-order valence-electron chi connectivity index (χ1n) is 15.5. The molecule has 0 saturated heterocycles. The summed E-state index contributed by atoms with van der Waals surface area (Å²) in [5, 5.41) is 5.94. The van der Waals surface area contributed by atoms with Gasteiger partial charge in [0.2, 0.25) is 0 Å². The molecule has 2 aromatic carbocycles. The fourth-order valence-corrected chi connectivity index (χ4v) is 11.5. The second-order valence-electron chi connectivity index (χ2n) is 13.7. The first kappa shape index (κ1) is 36.5. The van der Waals surface area contributed by atoms with Gasteiger partial charge in [-0.2, -0.15) is 0 Å². The van der Waals surface area contributed by atoms with Crippen molar-refractivity contribution in [3.63, 3.8) is 0 Å². The predicted molar refractivity (Wildman–Crippen MR) is 198 cm³/mol. The molecule has 0 spiro atoms. The summed E-state index contributed by atoms with van der Waals surface area (Å²) >= 11 is 0. The van der Waals surface area contributed by atoms with Gasteiger partial charge in [-0.1, -0.05) is 129 Å². The van der Waals surface area contributed by atoms with Gasteiger partial charge in [0.25, 0.3) is 0 Å². The van der Waals surface area contributed by atoms with E-state index in [9.17, 15) is 0 Å². The third kappa shape index (κ3) is 10.2. The average Bonchev–Trinajstić information content (AvgIpc) is 2.87. The van der Waals surface area contributed by atoms with Gasteiger partial charge in [0.1, 0.15) is 11.5 Å². The van der Waals surface area contributed by atoms with E-state index in [-0.39, 0.29) is 23.0 Å². The minimum absolute atomic E-state index is 0.0865. The van der Waals surface area contributed by atoms with Crippen molar-refractivity contribution in [3.05, 3.63) is 35.4 Å². The van der Waals surface area contributed by atoms with Crippen molar-refractivity contribution in [2.75, 3.05) is 13.2 Å². The third-order valence-electron chi connectivity index (χ3n) is 7.91. The molecule has 2 rings (SSSR count). The Kier molecular flexibility index (Phi) is 14.6. The molecule has 0 aliphatic heterocycles. The van der Waals surface area contributed by atoms with Crippen LogP contribution in [0.15, 0.2) is 24.3 Å². The highest BCUT2D eigenvalue weighted by Crippen LogP contribution is 2.32. The maximum Gasteiger partial charge on any atom is 0.117 e. The highest BCUT2D eigenvalue weighted by atomic mass is 28.3. The van der Waals surface area contributed by atoms with Crippen LogP contribution in [0.2, 0.25) is 90.7 Å². The maximum absolute atomic E-state index is 6.65. The van der Waals surface area contributed by atoms with Crippen molar-refractivity contribution in [2.24, 2.45) is 0 Å². The van der Waals surface area contributed by atoms with Crippen LogP contribution in [0.3, 0.4) is 0 Å². The van der Waals surface area contributed by atoms with E-state index < -0.39 is 35.2 Å². The molecule has 2 aromatic rings. The quantitative estimate of drug-likeness (QED) is 0.145. The minimum Gasteiger partial charge on any atom is -0.494 e. The Labute approximate surface area is 264 Å². The van der Waals surface area contributed by atoms with Crippen molar-refractivity contribution in [3.8, 4) is 11.5 Å². The zero-order valence-corrected chi connectivity index (χ0v) is 34.9. The van der Waals surface area contributed by atoms with E-state index in [0.29, 0.717) is 0 Å². The van der Waals surface area contributed by atoms with Gasteiger partial charge in [0.05, 0.1) is 48.4 Å². The lowest BCUT2D eigenvalue weighted by Crippen LogP contribution is -2.40. The van der Waals surface area contributed by atoms with Crippen LogP contribution in [0, 0.1) is 0 Å². The summed E-state index contributed by atoms with van der Waals surface area (Å²) in [4.78, 5) is 0. The van der Waals surface area contributed by atoms with Gasteiger partial charge < -0.3 is 9.47 Å². The third-order valence-corrected chi connectivity index (χ3v) is 16.4. The van der Waals surface area contributed by atoms with Gasteiger partial charge >= 0.3 is 0 Å². The summed E-state index contributed by atoms with van der Waals surface area (Å²) in [5.74, 6) is 2.47. The van der Waals surface area contributed by atoms with Crippen molar-refractivity contribution >= 4 is 73.5 Å². The van der Waals surface area contributed by atoms with Crippen LogP contribution in [-0.2, 0) is 5.41 Å². The number of benzene rings is 2. The number of rotatable bonds is 16. The normalized spacial score (nSPS) is 12.6. The van der Waals surface area contributed by atoms with Crippen LogP contribution in [0.1, 0.15) is 37.8 Å². The first-order valence-corrected chi connectivity index (χ1v) is 30.9. The average molecular weight is 655 g/mol. The van der Waals surface area contributed by atoms with Crippen LogP contribution in [0.5, 0.6) is 11.5 Å². The van der Waals surface area contributed by atoms with Crippen LogP contribution in [-0.4, -0.2) is 66.0 Å².